The molecule has 0 bridgehead atoms. The molecule has 1 aliphatic rings. The topological polar surface area (TPSA) is 29.5 Å². The molecule has 0 radical (unpaired) electrons. The van der Waals surface area contributed by atoms with Gasteiger partial charge in [0.1, 0.15) is 0 Å². The van der Waals surface area contributed by atoms with E-state index in [2.05, 4.69) is 15.9 Å². The first-order valence-corrected chi connectivity index (χ1v) is 7.53. The number of nitrogens with zero attached hydrogens (tertiary/aromatic N) is 1. The van der Waals surface area contributed by atoms with Crippen molar-refractivity contribution in [2.45, 2.75) is 12.8 Å². The summed E-state index contributed by atoms with van der Waals surface area (Å²) in [6, 6.07) is 5.27. The molecule has 1 aliphatic heterocycles. The second-order valence-electron chi connectivity index (χ2n) is 4.87. The summed E-state index contributed by atoms with van der Waals surface area (Å²) < 4.78 is 6.08. The Morgan fingerprint density at radius 1 is 1.47 bits per heavy atom. The molecular weight excluding hydrogens is 330 g/mol. The van der Waals surface area contributed by atoms with Gasteiger partial charge in [-0.15, -0.1) is 0 Å². The van der Waals surface area contributed by atoms with Gasteiger partial charge in [0, 0.05) is 36.8 Å². The third kappa shape index (κ3) is 3.94. The summed E-state index contributed by atoms with van der Waals surface area (Å²) >= 11 is 9.28. The van der Waals surface area contributed by atoms with E-state index in [0.717, 1.165) is 37.1 Å². The second kappa shape index (κ2) is 6.73. The second-order valence-corrected chi connectivity index (χ2v) is 6.13. The number of carbonyl (C=O) groups is 1. The summed E-state index contributed by atoms with van der Waals surface area (Å²) in [4.78, 5) is 14.1. The van der Waals surface area contributed by atoms with Crippen molar-refractivity contribution in [3.63, 3.8) is 0 Å². The molecule has 0 aromatic heterocycles. The average molecular weight is 347 g/mol. The van der Waals surface area contributed by atoms with E-state index in [0.29, 0.717) is 16.5 Å². The Bertz CT molecular complexity index is 461. The number of halogens is 2. The number of amides is 1. The number of hydrogen-bond donors (Lipinski definition) is 0. The van der Waals surface area contributed by atoms with E-state index in [9.17, 15) is 4.79 Å². The summed E-state index contributed by atoms with van der Waals surface area (Å²) in [7, 11) is 1.85. The summed E-state index contributed by atoms with van der Waals surface area (Å²) in [6.45, 7) is 2.39. The molecule has 1 amide bonds. The third-order valence-corrected chi connectivity index (χ3v) is 4.60. The van der Waals surface area contributed by atoms with Gasteiger partial charge in [-0.1, -0.05) is 11.6 Å². The molecule has 2 rings (SSSR count). The number of carbonyl (C=O) groups excluding carboxylic acids is 1. The van der Waals surface area contributed by atoms with Crippen LogP contribution in [0.25, 0.3) is 0 Å². The third-order valence-electron chi connectivity index (χ3n) is 3.39. The van der Waals surface area contributed by atoms with Crippen LogP contribution in [0, 0.1) is 5.92 Å². The van der Waals surface area contributed by atoms with Gasteiger partial charge in [0.05, 0.1) is 5.02 Å². The van der Waals surface area contributed by atoms with Crippen LogP contribution >= 0.6 is 27.5 Å². The first-order valence-electron chi connectivity index (χ1n) is 6.36. The fraction of sp³-hybridized carbons (Fsp3) is 0.500. The van der Waals surface area contributed by atoms with E-state index in [4.69, 9.17) is 16.3 Å². The molecule has 0 unspecified atom stereocenters. The van der Waals surface area contributed by atoms with Gasteiger partial charge < -0.3 is 9.64 Å². The molecule has 1 saturated heterocycles. The fourth-order valence-electron chi connectivity index (χ4n) is 2.25. The Labute approximate surface area is 127 Å². The van der Waals surface area contributed by atoms with Crippen molar-refractivity contribution in [2.24, 2.45) is 5.92 Å². The summed E-state index contributed by atoms with van der Waals surface area (Å²) in [5.74, 6) is 0.572. The summed E-state index contributed by atoms with van der Waals surface area (Å²) in [5, 5.41) is 0.614. The van der Waals surface area contributed by atoms with Crippen LogP contribution in [0.2, 0.25) is 5.02 Å². The minimum absolute atomic E-state index is 0.0314. The standard InChI is InChI=1S/C14H17BrClNO2/c1-17(9-10-4-6-19-7-5-10)14(18)11-2-3-13(16)12(15)8-11/h2-3,8,10H,4-7,9H2,1H3. The lowest BCUT2D eigenvalue weighted by Gasteiger charge is -2.27. The quantitative estimate of drug-likeness (QED) is 0.837. The SMILES string of the molecule is CN(CC1CCOCC1)C(=O)c1ccc(Cl)c(Br)c1. The van der Waals surface area contributed by atoms with E-state index >= 15 is 0 Å². The first kappa shape index (κ1) is 14.8. The predicted octanol–water partition coefficient (Wildman–Crippen LogP) is 3.60. The van der Waals surface area contributed by atoms with Crippen LogP contribution in [0.3, 0.4) is 0 Å². The number of hydrogen-bond acceptors (Lipinski definition) is 2. The first-order chi connectivity index (χ1) is 9.08. The smallest absolute Gasteiger partial charge is 0.253 e. The van der Waals surface area contributed by atoms with Crippen LogP contribution in [-0.4, -0.2) is 37.6 Å². The highest BCUT2D eigenvalue weighted by Crippen LogP contribution is 2.24. The van der Waals surface area contributed by atoms with Crippen LogP contribution in [-0.2, 0) is 4.74 Å². The number of ether oxygens (including phenoxy) is 1. The molecule has 1 heterocycles. The molecular formula is C14H17BrClNO2. The molecule has 104 valence electrons. The Kier molecular flexibility index (Phi) is 5.25. The zero-order chi connectivity index (χ0) is 13.8. The van der Waals surface area contributed by atoms with Crippen molar-refractivity contribution in [3.8, 4) is 0 Å². The van der Waals surface area contributed by atoms with Crippen molar-refractivity contribution >= 4 is 33.4 Å². The van der Waals surface area contributed by atoms with E-state index in [1.807, 2.05) is 7.05 Å². The zero-order valence-electron chi connectivity index (χ0n) is 10.9. The van der Waals surface area contributed by atoms with Crippen molar-refractivity contribution in [3.05, 3.63) is 33.3 Å². The van der Waals surface area contributed by atoms with Gasteiger partial charge in [-0.25, -0.2) is 0 Å². The molecule has 0 atom stereocenters. The highest BCUT2D eigenvalue weighted by Gasteiger charge is 2.19. The Morgan fingerprint density at radius 3 is 2.79 bits per heavy atom. The van der Waals surface area contributed by atoms with Crippen LogP contribution < -0.4 is 0 Å². The molecule has 0 spiro atoms. The fourth-order valence-corrected chi connectivity index (χ4v) is 2.75. The normalized spacial score (nSPS) is 16.4. The largest absolute Gasteiger partial charge is 0.381 e. The van der Waals surface area contributed by atoms with Crippen molar-refractivity contribution in [1.29, 1.82) is 0 Å². The van der Waals surface area contributed by atoms with Gasteiger partial charge in [0.25, 0.3) is 5.91 Å². The average Bonchev–Trinajstić information content (AvgIpc) is 2.42. The van der Waals surface area contributed by atoms with E-state index < -0.39 is 0 Å². The maximum Gasteiger partial charge on any atom is 0.253 e. The van der Waals surface area contributed by atoms with Gasteiger partial charge >= 0.3 is 0 Å². The minimum Gasteiger partial charge on any atom is -0.381 e. The molecule has 0 saturated carbocycles. The van der Waals surface area contributed by atoms with Crippen LogP contribution in [0.15, 0.2) is 22.7 Å². The maximum atomic E-state index is 12.3. The van der Waals surface area contributed by atoms with Crippen molar-refractivity contribution in [1.82, 2.24) is 4.90 Å². The maximum absolute atomic E-state index is 12.3. The highest BCUT2D eigenvalue weighted by molar-refractivity contribution is 9.10. The lowest BCUT2D eigenvalue weighted by Crippen LogP contribution is -2.34. The Hall–Kier alpha value is -0.580. The van der Waals surface area contributed by atoms with Gasteiger partial charge in [0.2, 0.25) is 0 Å². The van der Waals surface area contributed by atoms with E-state index in [1.54, 1.807) is 23.1 Å². The Balaban J connectivity index is 1.99. The van der Waals surface area contributed by atoms with Gasteiger partial charge in [-0.05, 0) is 52.9 Å². The van der Waals surface area contributed by atoms with E-state index in [-0.39, 0.29) is 5.91 Å². The monoisotopic (exact) mass is 345 g/mol. The molecule has 1 fully saturated rings. The molecule has 0 N–H and O–H groups in total. The molecule has 3 nitrogen and oxygen atoms in total. The van der Waals surface area contributed by atoms with E-state index in [1.165, 1.54) is 0 Å². The van der Waals surface area contributed by atoms with Crippen LogP contribution in [0.1, 0.15) is 23.2 Å². The lowest BCUT2D eigenvalue weighted by atomic mass is 9.99. The predicted molar refractivity (Wildman–Crippen MR) is 79.7 cm³/mol. The van der Waals surface area contributed by atoms with Gasteiger partial charge in [0.15, 0.2) is 0 Å². The molecule has 1 aromatic carbocycles. The molecule has 19 heavy (non-hydrogen) atoms. The minimum atomic E-state index is 0.0314. The van der Waals surface area contributed by atoms with Gasteiger partial charge in [-0.3, -0.25) is 4.79 Å². The summed E-state index contributed by atoms with van der Waals surface area (Å²) in [6.07, 6.45) is 2.06. The van der Waals surface area contributed by atoms with Crippen LogP contribution in [0.4, 0.5) is 0 Å². The summed E-state index contributed by atoms with van der Waals surface area (Å²) in [5.41, 5.74) is 0.658. The number of rotatable bonds is 3. The molecule has 5 heteroatoms. The van der Waals surface area contributed by atoms with Crippen molar-refractivity contribution < 1.29 is 9.53 Å². The van der Waals surface area contributed by atoms with Crippen molar-refractivity contribution in [2.75, 3.05) is 26.8 Å². The lowest BCUT2D eigenvalue weighted by molar-refractivity contribution is 0.0497. The zero-order valence-corrected chi connectivity index (χ0v) is 13.2. The Morgan fingerprint density at radius 2 is 2.16 bits per heavy atom. The number of benzene rings is 1. The highest BCUT2D eigenvalue weighted by atomic mass is 79.9. The molecule has 0 aliphatic carbocycles. The molecule has 1 aromatic rings. The van der Waals surface area contributed by atoms with Crippen LogP contribution in [0.5, 0.6) is 0 Å². The van der Waals surface area contributed by atoms with Gasteiger partial charge in [-0.2, -0.15) is 0 Å².